The summed E-state index contributed by atoms with van der Waals surface area (Å²) in [5.74, 6) is 0. The van der Waals surface area contributed by atoms with E-state index in [1.807, 2.05) is 6.92 Å². The fourth-order valence-corrected chi connectivity index (χ4v) is 1.06. The minimum absolute atomic E-state index is 0.514. The molecule has 0 aromatic rings. The summed E-state index contributed by atoms with van der Waals surface area (Å²) in [6.45, 7) is 6.08. The van der Waals surface area contributed by atoms with E-state index in [2.05, 4.69) is 24.4 Å². The Kier molecular flexibility index (Phi) is 8.51. The van der Waals surface area contributed by atoms with E-state index in [-0.39, 0.29) is 0 Å². The Balaban J connectivity index is 3.31. The summed E-state index contributed by atoms with van der Waals surface area (Å²) in [6.07, 6.45) is 6.49. The molecule has 0 amide bonds. The van der Waals surface area contributed by atoms with Crippen molar-refractivity contribution in [3.63, 3.8) is 0 Å². The maximum Gasteiger partial charge on any atom is 0.0615 e. The molecule has 0 fully saturated rings. The Morgan fingerprint density at radius 3 is 2.75 bits per heavy atom. The summed E-state index contributed by atoms with van der Waals surface area (Å²) in [5, 5.41) is 3.43. The quantitative estimate of drug-likeness (QED) is 0.467. The molecule has 0 aliphatic carbocycles. The maximum atomic E-state index is 5.07. The van der Waals surface area contributed by atoms with Crippen molar-refractivity contribution in [1.29, 1.82) is 0 Å². The standard InChI is InChI=1S/C10H21NO/c1-4-6-7-8-11-10(5-2)9-12-3/h4,6,10-11H,5,7-9H2,1-3H3/b6-4+. The van der Waals surface area contributed by atoms with E-state index in [0.717, 1.165) is 26.0 Å². The van der Waals surface area contributed by atoms with Crippen molar-refractivity contribution in [2.75, 3.05) is 20.3 Å². The Morgan fingerprint density at radius 1 is 1.50 bits per heavy atom. The third-order valence-electron chi connectivity index (χ3n) is 1.84. The predicted octanol–water partition coefficient (Wildman–Crippen LogP) is 1.97. The van der Waals surface area contributed by atoms with Crippen LogP contribution in [0.5, 0.6) is 0 Å². The van der Waals surface area contributed by atoms with E-state index in [1.165, 1.54) is 0 Å². The summed E-state index contributed by atoms with van der Waals surface area (Å²) in [7, 11) is 1.75. The molecule has 1 atom stereocenters. The molecule has 0 saturated heterocycles. The lowest BCUT2D eigenvalue weighted by atomic mass is 10.2. The molecule has 0 aliphatic rings. The molecule has 72 valence electrons. The predicted molar refractivity (Wildman–Crippen MR) is 53.4 cm³/mol. The number of methoxy groups -OCH3 is 1. The highest BCUT2D eigenvalue weighted by Crippen LogP contribution is 1.91. The van der Waals surface area contributed by atoms with Crippen LogP contribution in [0.3, 0.4) is 0 Å². The molecule has 0 spiro atoms. The Labute approximate surface area is 76.0 Å². The first-order valence-electron chi connectivity index (χ1n) is 4.68. The molecule has 1 unspecified atom stereocenters. The van der Waals surface area contributed by atoms with Gasteiger partial charge in [-0.05, 0) is 26.3 Å². The first kappa shape index (κ1) is 11.7. The van der Waals surface area contributed by atoms with Gasteiger partial charge >= 0.3 is 0 Å². The van der Waals surface area contributed by atoms with Gasteiger partial charge in [-0.15, -0.1) is 0 Å². The molecule has 0 saturated carbocycles. The number of rotatable bonds is 7. The summed E-state index contributed by atoms with van der Waals surface area (Å²) in [4.78, 5) is 0. The Bertz CT molecular complexity index is 112. The third kappa shape index (κ3) is 6.38. The number of hydrogen-bond donors (Lipinski definition) is 1. The van der Waals surface area contributed by atoms with Crippen LogP contribution in [0.15, 0.2) is 12.2 Å². The van der Waals surface area contributed by atoms with Crippen LogP contribution in [0.1, 0.15) is 26.7 Å². The van der Waals surface area contributed by atoms with Crippen LogP contribution >= 0.6 is 0 Å². The van der Waals surface area contributed by atoms with Gasteiger partial charge in [0, 0.05) is 13.2 Å². The van der Waals surface area contributed by atoms with Crippen molar-refractivity contribution in [3.05, 3.63) is 12.2 Å². The van der Waals surface area contributed by atoms with Crippen LogP contribution in [0.25, 0.3) is 0 Å². The SMILES string of the molecule is C/C=C/CCNC(CC)COC. The first-order valence-corrected chi connectivity index (χ1v) is 4.68. The summed E-state index contributed by atoms with van der Waals surface area (Å²) >= 11 is 0. The average molecular weight is 171 g/mol. The number of ether oxygens (including phenoxy) is 1. The van der Waals surface area contributed by atoms with Crippen LogP contribution in [0.2, 0.25) is 0 Å². The average Bonchev–Trinajstić information content (AvgIpc) is 2.10. The van der Waals surface area contributed by atoms with E-state index in [4.69, 9.17) is 4.74 Å². The number of hydrogen-bond acceptors (Lipinski definition) is 2. The van der Waals surface area contributed by atoms with Crippen molar-refractivity contribution in [3.8, 4) is 0 Å². The lowest BCUT2D eigenvalue weighted by Gasteiger charge is -2.14. The highest BCUT2D eigenvalue weighted by Gasteiger charge is 2.02. The summed E-state index contributed by atoms with van der Waals surface area (Å²) in [6, 6.07) is 0.514. The second-order valence-corrected chi connectivity index (χ2v) is 2.87. The van der Waals surface area contributed by atoms with Gasteiger partial charge < -0.3 is 10.1 Å². The monoisotopic (exact) mass is 171 g/mol. The fraction of sp³-hybridized carbons (Fsp3) is 0.800. The lowest BCUT2D eigenvalue weighted by Crippen LogP contribution is -2.33. The van der Waals surface area contributed by atoms with Gasteiger partial charge in [0.25, 0.3) is 0 Å². The molecule has 0 aliphatic heterocycles. The van der Waals surface area contributed by atoms with Crippen LogP contribution in [0.4, 0.5) is 0 Å². The molecule has 0 aromatic carbocycles. The van der Waals surface area contributed by atoms with Gasteiger partial charge in [-0.3, -0.25) is 0 Å². The summed E-state index contributed by atoms with van der Waals surface area (Å²) < 4.78 is 5.07. The van der Waals surface area contributed by atoms with E-state index in [0.29, 0.717) is 6.04 Å². The van der Waals surface area contributed by atoms with E-state index in [9.17, 15) is 0 Å². The highest BCUT2D eigenvalue weighted by atomic mass is 16.5. The van der Waals surface area contributed by atoms with Gasteiger partial charge in [0.1, 0.15) is 0 Å². The summed E-state index contributed by atoms with van der Waals surface area (Å²) in [5.41, 5.74) is 0. The molecule has 2 heteroatoms. The van der Waals surface area contributed by atoms with Crippen molar-refractivity contribution >= 4 is 0 Å². The van der Waals surface area contributed by atoms with Crippen molar-refractivity contribution in [1.82, 2.24) is 5.32 Å². The normalized spacial score (nSPS) is 13.9. The topological polar surface area (TPSA) is 21.3 Å². The maximum absolute atomic E-state index is 5.07. The van der Waals surface area contributed by atoms with E-state index < -0.39 is 0 Å². The second kappa shape index (κ2) is 8.75. The van der Waals surface area contributed by atoms with Gasteiger partial charge in [-0.2, -0.15) is 0 Å². The zero-order chi connectivity index (χ0) is 9.23. The van der Waals surface area contributed by atoms with Gasteiger partial charge in [0.15, 0.2) is 0 Å². The smallest absolute Gasteiger partial charge is 0.0615 e. The van der Waals surface area contributed by atoms with Crippen LogP contribution in [-0.2, 0) is 4.74 Å². The Hall–Kier alpha value is -0.340. The molecule has 2 nitrogen and oxygen atoms in total. The Morgan fingerprint density at radius 2 is 2.25 bits per heavy atom. The molecule has 0 bridgehead atoms. The number of allylic oxidation sites excluding steroid dienone is 1. The van der Waals surface area contributed by atoms with Crippen LogP contribution < -0.4 is 5.32 Å². The second-order valence-electron chi connectivity index (χ2n) is 2.87. The van der Waals surface area contributed by atoms with E-state index >= 15 is 0 Å². The highest BCUT2D eigenvalue weighted by molar-refractivity contribution is 4.78. The van der Waals surface area contributed by atoms with Gasteiger partial charge in [0.05, 0.1) is 6.61 Å². The van der Waals surface area contributed by atoms with Crippen LogP contribution in [0, 0.1) is 0 Å². The molecule has 0 radical (unpaired) electrons. The molecule has 0 heterocycles. The lowest BCUT2D eigenvalue weighted by molar-refractivity contribution is 0.165. The van der Waals surface area contributed by atoms with E-state index in [1.54, 1.807) is 7.11 Å². The zero-order valence-corrected chi connectivity index (χ0v) is 8.47. The first-order chi connectivity index (χ1) is 5.85. The van der Waals surface area contributed by atoms with Crippen molar-refractivity contribution in [2.45, 2.75) is 32.7 Å². The minimum atomic E-state index is 0.514. The molecule has 0 aromatic heterocycles. The van der Waals surface area contributed by atoms with Gasteiger partial charge in [0.2, 0.25) is 0 Å². The minimum Gasteiger partial charge on any atom is -0.383 e. The van der Waals surface area contributed by atoms with Crippen molar-refractivity contribution < 1.29 is 4.74 Å². The fourth-order valence-electron chi connectivity index (χ4n) is 1.06. The van der Waals surface area contributed by atoms with Crippen molar-refractivity contribution in [2.24, 2.45) is 0 Å². The largest absolute Gasteiger partial charge is 0.383 e. The van der Waals surface area contributed by atoms with Crippen LogP contribution in [-0.4, -0.2) is 26.3 Å². The van der Waals surface area contributed by atoms with Gasteiger partial charge in [-0.25, -0.2) is 0 Å². The molecule has 0 rings (SSSR count). The molecular weight excluding hydrogens is 150 g/mol. The zero-order valence-electron chi connectivity index (χ0n) is 8.47. The third-order valence-corrected chi connectivity index (χ3v) is 1.84. The van der Waals surface area contributed by atoms with Gasteiger partial charge in [-0.1, -0.05) is 19.1 Å². The molecule has 12 heavy (non-hydrogen) atoms. The molecule has 1 N–H and O–H groups in total. The number of nitrogens with one attached hydrogen (secondary N) is 1. The molecular formula is C10H21NO.